The van der Waals surface area contributed by atoms with E-state index in [9.17, 15) is 9.18 Å². The molecule has 1 atom stereocenters. The van der Waals surface area contributed by atoms with Crippen molar-refractivity contribution < 1.29 is 9.18 Å². The molecule has 1 heterocycles. The molecule has 0 spiro atoms. The lowest BCUT2D eigenvalue weighted by Gasteiger charge is -2.12. The minimum absolute atomic E-state index is 0.0282. The maximum atomic E-state index is 13.0. The molecule has 94 valence electrons. The van der Waals surface area contributed by atoms with Gasteiger partial charge in [0.1, 0.15) is 11.9 Å². The van der Waals surface area contributed by atoms with Gasteiger partial charge in [-0.2, -0.15) is 5.10 Å². The Labute approximate surface area is 108 Å². The molecular weight excluding hydrogens is 257 g/mol. The van der Waals surface area contributed by atoms with Gasteiger partial charge in [0, 0.05) is 18.1 Å². The lowest BCUT2D eigenvalue weighted by Crippen LogP contribution is -2.23. The first kappa shape index (κ1) is 12.6. The molecular formula is C12H11ClFN3O. The largest absolute Gasteiger partial charge is 0.324 e. The summed E-state index contributed by atoms with van der Waals surface area (Å²) in [5.41, 5.74) is 0.449. The van der Waals surface area contributed by atoms with Gasteiger partial charge in [-0.1, -0.05) is 11.6 Å². The number of halogens is 2. The highest BCUT2D eigenvalue weighted by atomic mass is 35.5. The fraction of sp³-hybridized carbons (Fsp3) is 0.167. The van der Waals surface area contributed by atoms with E-state index in [4.69, 9.17) is 11.6 Å². The summed E-state index contributed by atoms with van der Waals surface area (Å²) in [6.45, 7) is 1.72. The Morgan fingerprint density at radius 1 is 1.56 bits per heavy atom. The fourth-order valence-electron chi connectivity index (χ4n) is 1.45. The van der Waals surface area contributed by atoms with Crippen LogP contribution in [-0.4, -0.2) is 15.7 Å². The third-order valence-corrected chi connectivity index (χ3v) is 2.78. The molecule has 1 aromatic heterocycles. The first-order valence-corrected chi connectivity index (χ1v) is 5.71. The molecule has 0 saturated carbocycles. The van der Waals surface area contributed by atoms with Crippen LogP contribution in [0.15, 0.2) is 36.7 Å². The van der Waals surface area contributed by atoms with E-state index in [0.29, 0.717) is 5.69 Å². The third kappa shape index (κ3) is 2.68. The van der Waals surface area contributed by atoms with Gasteiger partial charge < -0.3 is 5.32 Å². The first-order chi connectivity index (χ1) is 8.58. The number of anilines is 1. The molecule has 4 nitrogen and oxygen atoms in total. The fourth-order valence-corrected chi connectivity index (χ4v) is 1.63. The van der Waals surface area contributed by atoms with Gasteiger partial charge in [-0.3, -0.25) is 9.48 Å². The molecule has 18 heavy (non-hydrogen) atoms. The van der Waals surface area contributed by atoms with Gasteiger partial charge in [-0.05, 0) is 31.2 Å². The zero-order valence-corrected chi connectivity index (χ0v) is 10.4. The van der Waals surface area contributed by atoms with E-state index < -0.39 is 11.9 Å². The SMILES string of the molecule is CC(C(=O)Nc1ccc(F)c(Cl)c1)n1cccn1. The number of nitrogens with one attached hydrogen (secondary N) is 1. The molecule has 6 heteroatoms. The van der Waals surface area contributed by atoms with Crippen LogP contribution in [0, 0.1) is 5.82 Å². The highest BCUT2D eigenvalue weighted by Gasteiger charge is 2.15. The Balaban J connectivity index is 2.09. The molecule has 0 fully saturated rings. The summed E-state index contributed by atoms with van der Waals surface area (Å²) in [5.74, 6) is -0.767. The molecule has 0 aliphatic carbocycles. The number of carbonyl (C=O) groups is 1. The highest BCUT2D eigenvalue weighted by Crippen LogP contribution is 2.20. The van der Waals surface area contributed by atoms with Crippen molar-refractivity contribution in [2.75, 3.05) is 5.32 Å². The Bertz CT molecular complexity index is 556. The van der Waals surface area contributed by atoms with Crippen molar-refractivity contribution in [2.45, 2.75) is 13.0 Å². The number of carbonyl (C=O) groups excluding carboxylic acids is 1. The summed E-state index contributed by atoms with van der Waals surface area (Å²) in [5, 5.41) is 6.60. The van der Waals surface area contributed by atoms with Crippen LogP contribution in [-0.2, 0) is 4.79 Å². The molecule has 1 aromatic carbocycles. The second kappa shape index (κ2) is 5.18. The van der Waals surface area contributed by atoms with Crippen molar-refractivity contribution >= 4 is 23.2 Å². The van der Waals surface area contributed by atoms with Crippen molar-refractivity contribution in [2.24, 2.45) is 0 Å². The molecule has 0 aliphatic heterocycles. The maximum Gasteiger partial charge on any atom is 0.248 e. The zero-order valence-electron chi connectivity index (χ0n) is 9.60. The van der Waals surface area contributed by atoms with Crippen molar-refractivity contribution in [1.82, 2.24) is 9.78 Å². The van der Waals surface area contributed by atoms with Gasteiger partial charge in [0.25, 0.3) is 0 Å². The average molecular weight is 268 g/mol. The molecule has 0 bridgehead atoms. The van der Waals surface area contributed by atoms with E-state index in [1.165, 1.54) is 22.9 Å². The quantitative estimate of drug-likeness (QED) is 0.929. The van der Waals surface area contributed by atoms with Crippen molar-refractivity contribution in [1.29, 1.82) is 0 Å². The van der Waals surface area contributed by atoms with Crippen LogP contribution in [0.4, 0.5) is 10.1 Å². The van der Waals surface area contributed by atoms with Gasteiger partial charge in [-0.25, -0.2) is 4.39 Å². The molecule has 1 N–H and O–H groups in total. The summed E-state index contributed by atoms with van der Waals surface area (Å²) < 4.78 is 14.5. The van der Waals surface area contributed by atoms with E-state index in [-0.39, 0.29) is 10.9 Å². The van der Waals surface area contributed by atoms with E-state index in [2.05, 4.69) is 10.4 Å². The van der Waals surface area contributed by atoms with Gasteiger partial charge >= 0.3 is 0 Å². The predicted octanol–water partition coefficient (Wildman–Crippen LogP) is 2.88. The van der Waals surface area contributed by atoms with Crippen LogP contribution in [0.1, 0.15) is 13.0 Å². The van der Waals surface area contributed by atoms with E-state index in [1.807, 2.05) is 0 Å². The third-order valence-electron chi connectivity index (χ3n) is 2.49. The zero-order chi connectivity index (χ0) is 13.1. The number of rotatable bonds is 3. The molecule has 0 radical (unpaired) electrons. The van der Waals surface area contributed by atoms with Crippen LogP contribution in [0.5, 0.6) is 0 Å². The minimum Gasteiger partial charge on any atom is -0.324 e. The number of hydrogen-bond acceptors (Lipinski definition) is 2. The Morgan fingerprint density at radius 3 is 2.94 bits per heavy atom. The highest BCUT2D eigenvalue weighted by molar-refractivity contribution is 6.31. The topological polar surface area (TPSA) is 46.9 Å². The monoisotopic (exact) mass is 267 g/mol. The molecule has 0 aliphatic rings. The smallest absolute Gasteiger partial charge is 0.248 e. The van der Waals surface area contributed by atoms with Crippen LogP contribution >= 0.6 is 11.6 Å². The van der Waals surface area contributed by atoms with E-state index in [1.54, 1.807) is 25.4 Å². The number of nitrogens with zero attached hydrogens (tertiary/aromatic N) is 2. The summed E-state index contributed by atoms with van der Waals surface area (Å²) in [7, 11) is 0. The normalized spacial score (nSPS) is 12.2. The second-order valence-electron chi connectivity index (χ2n) is 3.78. The van der Waals surface area contributed by atoms with Crippen LogP contribution in [0.25, 0.3) is 0 Å². The van der Waals surface area contributed by atoms with E-state index in [0.717, 1.165) is 0 Å². The lowest BCUT2D eigenvalue weighted by molar-refractivity contribution is -0.119. The van der Waals surface area contributed by atoms with Crippen molar-refractivity contribution in [3.8, 4) is 0 Å². The number of aromatic nitrogens is 2. The first-order valence-electron chi connectivity index (χ1n) is 5.33. The second-order valence-corrected chi connectivity index (χ2v) is 4.19. The summed E-state index contributed by atoms with van der Waals surface area (Å²) in [4.78, 5) is 11.9. The summed E-state index contributed by atoms with van der Waals surface area (Å²) >= 11 is 5.63. The Kier molecular flexibility index (Phi) is 3.62. The van der Waals surface area contributed by atoms with Gasteiger partial charge in [0.15, 0.2) is 0 Å². The Morgan fingerprint density at radius 2 is 2.33 bits per heavy atom. The molecule has 0 saturated heterocycles. The van der Waals surface area contributed by atoms with Crippen LogP contribution in [0.3, 0.4) is 0 Å². The number of amides is 1. The molecule has 2 aromatic rings. The van der Waals surface area contributed by atoms with Crippen molar-refractivity contribution in [3.63, 3.8) is 0 Å². The molecule has 1 amide bonds. The average Bonchev–Trinajstić information content (AvgIpc) is 2.86. The Hall–Kier alpha value is -1.88. The van der Waals surface area contributed by atoms with Gasteiger partial charge in [0.2, 0.25) is 5.91 Å². The maximum absolute atomic E-state index is 13.0. The summed E-state index contributed by atoms with van der Waals surface area (Å²) in [6.07, 6.45) is 3.29. The predicted molar refractivity (Wildman–Crippen MR) is 67.0 cm³/mol. The standard InChI is InChI=1S/C12H11ClFN3O/c1-8(17-6-2-5-15-17)12(18)16-9-3-4-11(14)10(13)7-9/h2-8H,1H3,(H,16,18). The van der Waals surface area contributed by atoms with Crippen LogP contribution < -0.4 is 5.32 Å². The minimum atomic E-state index is -0.519. The number of hydrogen-bond donors (Lipinski definition) is 1. The summed E-state index contributed by atoms with van der Waals surface area (Å²) in [6, 6.07) is 5.30. The molecule has 1 unspecified atom stereocenters. The van der Waals surface area contributed by atoms with E-state index >= 15 is 0 Å². The molecule has 2 rings (SSSR count). The van der Waals surface area contributed by atoms with Crippen molar-refractivity contribution in [3.05, 3.63) is 47.5 Å². The van der Waals surface area contributed by atoms with Gasteiger partial charge in [-0.15, -0.1) is 0 Å². The number of benzene rings is 1. The van der Waals surface area contributed by atoms with Gasteiger partial charge in [0.05, 0.1) is 5.02 Å². The lowest BCUT2D eigenvalue weighted by atomic mass is 10.2. The van der Waals surface area contributed by atoms with Crippen LogP contribution in [0.2, 0.25) is 5.02 Å².